The Bertz CT molecular complexity index is 773. The van der Waals surface area contributed by atoms with Crippen LogP contribution in [0.15, 0.2) is 53.7 Å². The molecule has 1 N–H and O–H groups in total. The fourth-order valence-corrected chi connectivity index (χ4v) is 3.74. The predicted molar refractivity (Wildman–Crippen MR) is 118 cm³/mol. The second-order valence-corrected chi connectivity index (χ2v) is 7.01. The molecular formula is C20H27Cl2N3S. The molecule has 3 aromatic rings. The molecule has 1 aromatic heterocycles. The van der Waals surface area contributed by atoms with Gasteiger partial charge >= 0.3 is 0 Å². The summed E-state index contributed by atoms with van der Waals surface area (Å²) in [5.74, 6) is 1.07. The molecule has 0 amide bonds. The molecule has 26 heavy (non-hydrogen) atoms. The Labute approximate surface area is 172 Å². The van der Waals surface area contributed by atoms with Crippen LogP contribution in [0.4, 0.5) is 0 Å². The molecule has 0 unspecified atom stereocenters. The van der Waals surface area contributed by atoms with E-state index in [0.29, 0.717) is 0 Å². The number of halogens is 2. The maximum atomic E-state index is 4.75. The minimum Gasteiger partial charge on any atom is -0.333 e. The molecule has 0 aliphatic rings. The number of fused-ring (bicyclic) bond motifs is 1. The minimum absolute atomic E-state index is 0. The number of thioether (sulfide) groups is 1. The lowest BCUT2D eigenvalue weighted by Crippen LogP contribution is -2.25. The molecule has 0 radical (unpaired) electrons. The van der Waals surface area contributed by atoms with Crippen LogP contribution >= 0.6 is 36.6 Å². The molecule has 142 valence electrons. The number of hydrogen-bond acceptors (Lipinski definition) is 3. The van der Waals surface area contributed by atoms with E-state index in [9.17, 15) is 0 Å². The zero-order valence-electron chi connectivity index (χ0n) is 15.3. The van der Waals surface area contributed by atoms with Crippen molar-refractivity contribution in [3.63, 3.8) is 0 Å². The van der Waals surface area contributed by atoms with E-state index in [-0.39, 0.29) is 24.8 Å². The molecule has 0 saturated carbocycles. The van der Waals surface area contributed by atoms with Crippen molar-refractivity contribution in [2.75, 3.05) is 25.4 Å². The maximum Gasteiger partial charge on any atom is 0.166 e. The van der Waals surface area contributed by atoms with Gasteiger partial charge in [-0.3, -0.25) is 0 Å². The van der Waals surface area contributed by atoms with Crippen LogP contribution in [0.5, 0.6) is 0 Å². The Morgan fingerprint density at radius 1 is 0.962 bits per heavy atom. The lowest BCUT2D eigenvalue weighted by molar-refractivity contribution is 0.324. The van der Waals surface area contributed by atoms with Gasteiger partial charge in [-0.05, 0) is 42.8 Å². The molecule has 0 bridgehead atoms. The molecule has 0 saturated heterocycles. The highest BCUT2D eigenvalue weighted by molar-refractivity contribution is 7.99. The van der Waals surface area contributed by atoms with Gasteiger partial charge in [-0.25, -0.2) is 4.98 Å². The van der Waals surface area contributed by atoms with Gasteiger partial charge in [0.05, 0.1) is 11.0 Å². The maximum absolute atomic E-state index is 4.75. The first-order valence-electron chi connectivity index (χ1n) is 8.66. The van der Waals surface area contributed by atoms with Gasteiger partial charge in [0.15, 0.2) is 5.16 Å². The number of nitrogens with zero attached hydrogens (tertiary/aromatic N) is 2. The minimum atomic E-state index is 0. The third-order valence-corrected chi connectivity index (χ3v) is 5.17. The monoisotopic (exact) mass is 411 g/mol. The summed E-state index contributed by atoms with van der Waals surface area (Å²) in [5, 5.41) is 1.02. The third-order valence-electron chi connectivity index (χ3n) is 4.32. The lowest BCUT2D eigenvalue weighted by atomic mass is 10.0. The van der Waals surface area contributed by atoms with Crippen molar-refractivity contribution < 1.29 is 0 Å². The molecule has 3 nitrogen and oxygen atoms in total. The Balaban J connectivity index is 0.00000169. The molecule has 0 fully saturated rings. The van der Waals surface area contributed by atoms with Gasteiger partial charge in [0.25, 0.3) is 0 Å². The highest BCUT2D eigenvalue weighted by Crippen LogP contribution is 2.21. The number of imidazole rings is 1. The lowest BCUT2D eigenvalue weighted by Gasteiger charge is -2.16. The number of aromatic amines is 1. The van der Waals surface area contributed by atoms with E-state index in [4.69, 9.17) is 4.98 Å². The molecule has 2 aromatic carbocycles. The van der Waals surface area contributed by atoms with Gasteiger partial charge in [-0.1, -0.05) is 62.0 Å². The smallest absolute Gasteiger partial charge is 0.166 e. The van der Waals surface area contributed by atoms with Crippen LogP contribution in [0.1, 0.15) is 25.0 Å². The molecule has 3 rings (SSSR count). The Kier molecular flexibility index (Phi) is 10.1. The largest absolute Gasteiger partial charge is 0.333 e. The van der Waals surface area contributed by atoms with Crippen LogP contribution in [0.2, 0.25) is 0 Å². The molecule has 0 atom stereocenters. The zero-order valence-corrected chi connectivity index (χ0v) is 17.7. The summed E-state index contributed by atoms with van der Waals surface area (Å²) >= 11 is 1.81. The Morgan fingerprint density at radius 2 is 1.69 bits per heavy atom. The van der Waals surface area contributed by atoms with E-state index in [2.05, 4.69) is 72.3 Å². The van der Waals surface area contributed by atoms with Crippen molar-refractivity contribution in [2.24, 2.45) is 0 Å². The number of hydrogen-bond donors (Lipinski definition) is 1. The van der Waals surface area contributed by atoms with Gasteiger partial charge in [0, 0.05) is 12.3 Å². The van der Waals surface area contributed by atoms with Crippen LogP contribution in [-0.4, -0.2) is 40.3 Å². The third kappa shape index (κ3) is 6.20. The van der Waals surface area contributed by atoms with Crippen molar-refractivity contribution >= 4 is 47.6 Å². The summed E-state index contributed by atoms with van der Waals surface area (Å²) in [6.45, 7) is 7.75. The van der Waals surface area contributed by atoms with E-state index in [1.165, 1.54) is 11.1 Å². The summed E-state index contributed by atoms with van der Waals surface area (Å²) in [5.41, 5.74) is 4.83. The van der Waals surface area contributed by atoms with Crippen LogP contribution in [0.25, 0.3) is 11.0 Å². The molecule has 1 heterocycles. The Hall–Kier alpha value is -1.20. The van der Waals surface area contributed by atoms with Gasteiger partial charge in [-0.15, -0.1) is 24.8 Å². The number of H-pyrrole nitrogens is 1. The van der Waals surface area contributed by atoms with Gasteiger partial charge in [0.2, 0.25) is 0 Å². The SMILES string of the molecule is CCN(CC)CCSc1nc2cc(Cc3ccccc3)ccc2[nH]1.Cl.Cl. The number of benzene rings is 2. The first kappa shape index (κ1) is 22.8. The topological polar surface area (TPSA) is 31.9 Å². The normalized spacial score (nSPS) is 10.6. The van der Waals surface area contributed by atoms with E-state index in [1.807, 2.05) is 0 Å². The van der Waals surface area contributed by atoms with E-state index < -0.39 is 0 Å². The van der Waals surface area contributed by atoms with E-state index >= 15 is 0 Å². The quantitative estimate of drug-likeness (QED) is 0.501. The summed E-state index contributed by atoms with van der Waals surface area (Å²) in [4.78, 5) is 10.6. The Morgan fingerprint density at radius 3 is 2.38 bits per heavy atom. The van der Waals surface area contributed by atoms with Crippen LogP contribution in [0.3, 0.4) is 0 Å². The van der Waals surface area contributed by atoms with Crippen LogP contribution in [-0.2, 0) is 6.42 Å². The molecule has 0 aliphatic carbocycles. The van der Waals surface area contributed by atoms with Crippen LogP contribution < -0.4 is 0 Å². The van der Waals surface area contributed by atoms with Crippen molar-refractivity contribution in [1.82, 2.24) is 14.9 Å². The highest BCUT2D eigenvalue weighted by atomic mass is 35.5. The fraction of sp³-hybridized carbons (Fsp3) is 0.350. The average Bonchev–Trinajstić information content (AvgIpc) is 3.01. The molecule has 0 aliphatic heterocycles. The van der Waals surface area contributed by atoms with Crippen molar-refractivity contribution in [3.8, 4) is 0 Å². The summed E-state index contributed by atoms with van der Waals surface area (Å²) < 4.78 is 0. The summed E-state index contributed by atoms with van der Waals surface area (Å²) in [6.07, 6.45) is 0.952. The molecule has 6 heteroatoms. The average molecular weight is 412 g/mol. The second kappa shape index (κ2) is 11.5. The van der Waals surface area contributed by atoms with E-state index in [1.54, 1.807) is 11.8 Å². The zero-order chi connectivity index (χ0) is 16.8. The fourth-order valence-electron chi connectivity index (χ4n) is 2.85. The first-order valence-corrected chi connectivity index (χ1v) is 9.64. The number of rotatable bonds is 8. The van der Waals surface area contributed by atoms with Gasteiger partial charge < -0.3 is 9.88 Å². The number of aromatic nitrogens is 2. The van der Waals surface area contributed by atoms with Gasteiger partial charge in [-0.2, -0.15) is 0 Å². The standard InChI is InChI=1S/C20H25N3S.2ClH/c1-3-23(4-2)12-13-24-20-21-18-11-10-17(15-19(18)22-20)14-16-8-6-5-7-9-16;;/h5-11,15H,3-4,12-14H2,1-2H3,(H,21,22);2*1H. The predicted octanol–water partition coefficient (Wildman–Crippen LogP) is 5.43. The van der Waals surface area contributed by atoms with Crippen molar-refractivity contribution in [1.29, 1.82) is 0 Å². The van der Waals surface area contributed by atoms with Crippen molar-refractivity contribution in [2.45, 2.75) is 25.4 Å². The van der Waals surface area contributed by atoms with E-state index in [0.717, 1.165) is 48.0 Å². The summed E-state index contributed by atoms with van der Waals surface area (Å²) in [7, 11) is 0. The highest BCUT2D eigenvalue weighted by Gasteiger charge is 2.06. The molecular weight excluding hydrogens is 385 g/mol. The van der Waals surface area contributed by atoms with Crippen LogP contribution in [0, 0.1) is 0 Å². The van der Waals surface area contributed by atoms with Crippen molar-refractivity contribution in [3.05, 3.63) is 59.7 Å². The second-order valence-electron chi connectivity index (χ2n) is 5.93. The first-order chi connectivity index (χ1) is 11.8. The molecule has 0 spiro atoms. The van der Waals surface area contributed by atoms with Gasteiger partial charge in [0.1, 0.15) is 0 Å². The summed E-state index contributed by atoms with van der Waals surface area (Å²) in [6, 6.07) is 17.1. The number of nitrogens with one attached hydrogen (secondary N) is 1.